The molecule has 3 rings (SSSR count). The lowest BCUT2D eigenvalue weighted by Gasteiger charge is -2.32. The third-order valence-corrected chi connectivity index (χ3v) is 5.01. The molecule has 0 radical (unpaired) electrons. The van der Waals surface area contributed by atoms with E-state index in [1.807, 2.05) is 13.0 Å². The summed E-state index contributed by atoms with van der Waals surface area (Å²) >= 11 is 0. The van der Waals surface area contributed by atoms with E-state index in [2.05, 4.69) is 26.0 Å². The van der Waals surface area contributed by atoms with Crippen LogP contribution in [0, 0.1) is 12.8 Å². The fraction of sp³-hybridized carbons (Fsp3) is 0.600. The molecule has 92 valence electrons. The second-order valence-electron chi connectivity index (χ2n) is 5.97. The number of hydrogen-bond donors (Lipinski definition) is 1. The minimum atomic E-state index is -0.0236. The highest BCUT2D eigenvalue weighted by Gasteiger charge is 2.66. The standard InChI is InChI=1S/C15H20O2/c1-10-4-5-12(13(16)8-10)14(3)7-6-11(2)15(14)9-17-15/h4-5,8,11,16H,6-7,9H2,1-3H3/t11-,14-,15?/m0/s1. The molecule has 3 atom stereocenters. The molecule has 1 saturated carbocycles. The summed E-state index contributed by atoms with van der Waals surface area (Å²) in [6, 6.07) is 6.02. The van der Waals surface area contributed by atoms with Crippen molar-refractivity contribution in [2.45, 2.75) is 44.6 Å². The molecular weight excluding hydrogens is 212 g/mol. The van der Waals surface area contributed by atoms with Crippen LogP contribution in [0.1, 0.15) is 37.8 Å². The molecule has 1 saturated heterocycles. The third kappa shape index (κ3) is 1.30. The van der Waals surface area contributed by atoms with Crippen molar-refractivity contribution in [2.24, 2.45) is 5.92 Å². The second-order valence-corrected chi connectivity index (χ2v) is 5.97. The maximum Gasteiger partial charge on any atom is 0.119 e. The van der Waals surface area contributed by atoms with Crippen LogP contribution in [0.2, 0.25) is 0 Å². The molecular formula is C15H20O2. The summed E-state index contributed by atoms with van der Waals surface area (Å²) in [6.45, 7) is 7.36. The van der Waals surface area contributed by atoms with Crippen molar-refractivity contribution in [3.63, 3.8) is 0 Å². The molecule has 2 aliphatic rings. The lowest BCUT2D eigenvalue weighted by Crippen LogP contribution is -2.38. The van der Waals surface area contributed by atoms with Gasteiger partial charge in [-0.1, -0.05) is 26.0 Å². The Balaban J connectivity index is 2.09. The zero-order valence-corrected chi connectivity index (χ0v) is 10.8. The number of benzene rings is 1. The fourth-order valence-corrected chi connectivity index (χ4v) is 3.65. The molecule has 1 N–H and O–H groups in total. The lowest BCUT2D eigenvalue weighted by atomic mass is 9.71. The number of phenols is 1. The van der Waals surface area contributed by atoms with Crippen molar-refractivity contribution in [2.75, 3.05) is 6.61 Å². The van der Waals surface area contributed by atoms with Gasteiger partial charge in [0.15, 0.2) is 0 Å². The first-order valence-corrected chi connectivity index (χ1v) is 6.44. The molecule has 1 aliphatic heterocycles. The normalized spacial score (nSPS) is 39.8. The predicted molar refractivity (Wildman–Crippen MR) is 67.3 cm³/mol. The summed E-state index contributed by atoms with van der Waals surface area (Å²) in [7, 11) is 0. The summed E-state index contributed by atoms with van der Waals surface area (Å²) in [4.78, 5) is 0. The highest BCUT2D eigenvalue weighted by Crippen LogP contribution is 2.61. The predicted octanol–water partition coefficient (Wildman–Crippen LogP) is 3.16. The topological polar surface area (TPSA) is 32.8 Å². The van der Waals surface area contributed by atoms with Gasteiger partial charge in [-0.2, -0.15) is 0 Å². The fourth-order valence-electron chi connectivity index (χ4n) is 3.65. The first kappa shape index (κ1) is 11.1. The Morgan fingerprint density at radius 1 is 1.41 bits per heavy atom. The van der Waals surface area contributed by atoms with E-state index in [0.29, 0.717) is 11.7 Å². The summed E-state index contributed by atoms with van der Waals surface area (Å²) in [5.41, 5.74) is 2.13. The van der Waals surface area contributed by atoms with Gasteiger partial charge in [0.2, 0.25) is 0 Å². The zero-order chi connectivity index (χ0) is 12.3. The molecule has 0 amide bonds. The van der Waals surface area contributed by atoms with Crippen molar-refractivity contribution >= 4 is 0 Å². The van der Waals surface area contributed by atoms with Gasteiger partial charge in [0.1, 0.15) is 11.4 Å². The molecule has 1 aromatic carbocycles. The summed E-state index contributed by atoms with van der Waals surface area (Å²) in [5.74, 6) is 1.02. The summed E-state index contributed by atoms with van der Waals surface area (Å²) in [6.07, 6.45) is 2.29. The van der Waals surface area contributed by atoms with Gasteiger partial charge in [0.25, 0.3) is 0 Å². The Morgan fingerprint density at radius 2 is 2.12 bits per heavy atom. The van der Waals surface area contributed by atoms with Crippen LogP contribution < -0.4 is 0 Å². The maximum absolute atomic E-state index is 10.2. The van der Waals surface area contributed by atoms with Gasteiger partial charge in [-0.3, -0.25) is 0 Å². The van der Waals surface area contributed by atoms with E-state index in [1.54, 1.807) is 0 Å². The Kier molecular flexibility index (Phi) is 2.13. The van der Waals surface area contributed by atoms with Crippen molar-refractivity contribution in [1.29, 1.82) is 0 Å². The van der Waals surface area contributed by atoms with E-state index in [1.165, 1.54) is 6.42 Å². The average Bonchev–Trinajstić information content (AvgIpc) is 3.02. The molecule has 1 aromatic rings. The number of hydrogen-bond acceptors (Lipinski definition) is 2. The van der Waals surface area contributed by atoms with E-state index in [0.717, 1.165) is 24.2 Å². The van der Waals surface area contributed by atoms with Gasteiger partial charge in [-0.15, -0.1) is 0 Å². The Hall–Kier alpha value is -1.02. The molecule has 0 aromatic heterocycles. The first-order chi connectivity index (χ1) is 7.99. The van der Waals surface area contributed by atoms with Gasteiger partial charge in [-0.25, -0.2) is 0 Å². The number of ether oxygens (including phenoxy) is 1. The van der Waals surface area contributed by atoms with E-state index in [9.17, 15) is 5.11 Å². The maximum atomic E-state index is 10.2. The molecule has 1 unspecified atom stereocenters. The van der Waals surface area contributed by atoms with Gasteiger partial charge < -0.3 is 9.84 Å². The number of rotatable bonds is 1. The summed E-state index contributed by atoms with van der Waals surface area (Å²) < 4.78 is 5.81. The van der Waals surface area contributed by atoms with Crippen molar-refractivity contribution in [3.05, 3.63) is 29.3 Å². The van der Waals surface area contributed by atoms with E-state index >= 15 is 0 Å². The SMILES string of the molecule is Cc1ccc([C@]2(C)CC[C@H](C)C23CO3)c(O)c1. The van der Waals surface area contributed by atoms with Gasteiger partial charge in [-0.05, 0) is 37.3 Å². The third-order valence-electron chi connectivity index (χ3n) is 5.01. The van der Waals surface area contributed by atoms with E-state index < -0.39 is 0 Å². The Morgan fingerprint density at radius 3 is 2.71 bits per heavy atom. The van der Waals surface area contributed by atoms with Crippen LogP contribution in [0.5, 0.6) is 5.75 Å². The average molecular weight is 232 g/mol. The van der Waals surface area contributed by atoms with Crippen LogP contribution in [0.25, 0.3) is 0 Å². The molecule has 1 aliphatic carbocycles. The number of aryl methyl sites for hydroxylation is 1. The first-order valence-electron chi connectivity index (χ1n) is 6.44. The highest BCUT2D eigenvalue weighted by molar-refractivity contribution is 5.45. The van der Waals surface area contributed by atoms with Crippen LogP contribution in [0.15, 0.2) is 18.2 Å². The molecule has 1 heterocycles. The number of epoxide rings is 1. The molecule has 1 spiro atoms. The van der Waals surface area contributed by atoms with E-state index in [-0.39, 0.29) is 11.0 Å². The van der Waals surface area contributed by atoms with E-state index in [4.69, 9.17) is 4.74 Å². The Labute approximate surface area is 103 Å². The minimum absolute atomic E-state index is 0.0141. The molecule has 2 fully saturated rings. The van der Waals surface area contributed by atoms with Crippen LogP contribution >= 0.6 is 0 Å². The van der Waals surface area contributed by atoms with Crippen molar-refractivity contribution < 1.29 is 9.84 Å². The monoisotopic (exact) mass is 232 g/mol. The van der Waals surface area contributed by atoms with Crippen LogP contribution in [0.4, 0.5) is 0 Å². The highest BCUT2D eigenvalue weighted by atomic mass is 16.6. The van der Waals surface area contributed by atoms with Crippen LogP contribution in [-0.4, -0.2) is 17.3 Å². The van der Waals surface area contributed by atoms with Crippen LogP contribution in [-0.2, 0) is 10.2 Å². The molecule has 0 bridgehead atoms. The summed E-state index contributed by atoms with van der Waals surface area (Å²) in [5, 5.41) is 10.2. The lowest BCUT2D eigenvalue weighted by molar-refractivity contribution is 0.183. The second kappa shape index (κ2) is 3.26. The van der Waals surface area contributed by atoms with Gasteiger partial charge in [0.05, 0.1) is 6.61 Å². The number of phenolic OH excluding ortho intramolecular Hbond substituents is 1. The Bertz CT molecular complexity index is 462. The minimum Gasteiger partial charge on any atom is -0.508 e. The number of aromatic hydroxyl groups is 1. The molecule has 2 heteroatoms. The van der Waals surface area contributed by atoms with Gasteiger partial charge in [0, 0.05) is 11.0 Å². The smallest absolute Gasteiger partial charge is 0.119 e. The van der Waals surface area contributed by atoms with Crippen LogP contribution in [0.3, 0.4) is 0 Å². The molecule has 2 nitrogen and oxygen atoms in total. The zero-order valence-electron chi connectivity index (χ0n) is 10.8. The quantitative estimate of drug-likeness (QED) is 0.754. The molecule has 17 heavy (non-hydrogen) atoms. The largest absolute Gasteiger partial charge is 0.508 e. The van der Waals surface area contributed by atoms with Gasteiger partial charge >= 0.3 is 0 Å². The van der Waals surface area contributed by atoms with Crippen molar-refractivity contribution in [3.8, 4) is 5.75 Å². The van der Waals surface area contributed by atoms with Crippen molar-refractivity contribution in [1.82, 2.24) is 0 Å².